The van der Waals surface area contributed by atoms with Crippen LogP contribution in [0.25, 0.3) is 0 Å². The average Bonchev–Trinajstić information content (AvgIpc) is 2.85. The fourth-order valence-corrected chi connectivity index (χ4v) is 2.21. The van der Waals surface area contributed by atoms with Crippen molar-refractivity contribution in [2.75, 3.05) is 5.32 Å². The first kappa shape index (κ1) is 15.1. The third-order valence-corrected chi connectivity index (χ3v) is 3.50. The highest BCUT2D eigenvalue weighted by Gasteiger charge is 2.08. The number of anilines is 1. The molecule has 0 spiro atoms. The summed E-state index contributed by atoms with van der Waals surface area (Å²) < 4.78 is 29.6. The smallest absolute Gasteiger partial charge is 0.284 e. The largest absolute Gasteiger partial charge is 0.463 e. The highest BCUT2D eigenvalue weighted by molar-refractivity contribution is 7.98. The normalized spacial score (nSPS) is 11.1. The first-order valence-corrected chi connectivity index (χ1v) is 7.30. The Balaban J connectivity index is 1.92. The predicted octanol–water partition coefficient (Wildman–Crippen LogP) is 4.70. The third kappa shape index (κ3) is 4.38. The standard InChI is InChI=1S/C13H13ClF2N2OS/c1-8-4-11(12(14)18-5-8)17-6-9-2-3-10(19-9)7-20-13(15)16/h2-5,13,17H,6-7H2,1H3. The van der Waals surface area contributed by atoms with Gasteiger partial charge in [0.1, 0.15) is 11.5 Å². The van der Waals surface area contributed by atoms with Gasteiger partial charge in [0.25, 0.3) is 5.76 Å². The quantitative estimate of drug-likeness (QED) is 0.783. The first-order chi connectivity index (χ1) is 9.54. The van der Waals surface area contributed by atoms with E-state index < -0.39 is 5.76 Å². The molecule has 0 unspecified atom stereocenters. The van der Waals surface area contributed by atoms with Crippen LogP contribution in [0.2, 0.25) is 5.15 Å². The highest BCUT2D eigenvalue weighted by atomic mass is 35.5. The summed E-state index contributed by atoms with van der Waals surface area (Å²) in [4.78, 5) is 4.03. The van der Waals surface area contributed by atoms with Gasteiger partial charge in [-0.05, 0) is 30.7 Å². The number of aryl methyl sites for hydroxylation is 1. The van der Waals surface area contributed by atoms with Crippen LogP contribution in [0.15, 0.2) is 28.8 Å². The van der Waals surface area contributed by atoms with Crippen LogP contribution in [0, 0.1) is 6.92 Å². The molecule has 0 aliphatic rings. The molecule has 20 heavy (non-hydrogen) atoms. The van der Waals surface area contributed by atoms with Crippen molar-refractivity contribution in [3.63, 3.8) is 0 Å². The van der Waals surface area contributed by atoms with Crippen molar-refractivity contribution in [2.24, 2.45) is 0 Å². The SMILES string of the molecule is Cc1cnc(Cl)c(NCc2ccc(CSC(F)F)o2)c1. The number of alkyl halides is 2. The Bertz CT molecular complexity index is 577. The van der Waals surface area contributed by atoms with Crippen LogP contribution in [0.1, 0.15) is 17.1 Å². The molecule has 0 amide bonds. The van der Waals surface area contributed by atoms with E-state index >= 15 is 0 Å². The van der Waals surface area contributed by atoms with Gasteiger partial charge in [-0.1, -0.05) is 23.4 Å². The molecule has 3 nitrogen and oxygen atoms in total. The lowest BCUT2D eigenvalue weighted by Gasteiger charge is -2.06. The lowest BCUT2D eigenvalue weighted by atomic mass is 10.3. The van der Waals surface area contributed by atoms with E-state index in [1.807, 2.05) is 13.0 Å². The molecule has 2 aromatic rings. The van der Waals surface area contributed by atoms with E-state index in [9.17, 15) is 8.78 Å². The van der Waals surface area contributed by atoms with E-state index in [1.165, 1.54) is 0 Å². The Labute approximate surface area is 124 Å². The summed E-state index contributed by atoms with van der Waals surface area (Å²) in [7, 11) is 0. The molecule has 0 saturated heterocycles. The van der Waals surface area contributed by atoms with E-state index in [-0.39, 0.29) is 5.75 Å². The minimum atomic E-state index is -2.39. The van der Waals surface area contributed by atoms with Gasteiger partial charge in [0.15, 0.2) is 5.15 Å². The highest BCUT2D eigenvalue weighted by Crippen LogP contribution is 2.23. The van der Waals surface area contributed by atoms with Crippen molar-refractivity contribution in [3.05, 3.63) is 46.6 Å². The molecule has 0 aromatic carbocycles. The number of thioether (sulfide) groups is 1. The van der Waals surface area contributed by atoms with Gasteiger partial charge in [0, 0.05) is 6.20 Å². The summed E-state index contributed by atoms with van der Waals surface area (Å²) in [6, 6.07) is 5.33. The monoisotopic (exact) mass is 318 g/mol. The predicted molar refractivity (Wildman–Crippen MR) is 77.3 cm³/mol. The van der Waals surface area contributed by atoms with Gasteiger partial charge >= 0.3 is 0 Å². The average molecular weight is 319 g/mol. The topological polar surface area (TPSA) is 38.1 Å². The first-order valence-electron chi connectivity index (χ1n) is 5.88. The lowest BCUT2D eigenvalue weighted by molar-refractivity contribution is 0.251. The zero-order chi connectivity index (χ0) is 14.5. The summed E-state index contributed by atoms with van der Waals surface area (Å²) >= 11 is 6.50. The fourth-order valence-electron chi connectivity index (χ4n) is 1.60. The number of halogens is 3. The number of aromatic nitrogens is 1. The van der Waals surface area contributed by atoms with E-state index in [0.717, 1.165) is 5.56 Å². The molecule has 7 heteroatoms. The molecular weight excluding hydrogens is 306 g/mol. The van der Waals surface area contributed by atoms with E-state index in [0.29, 0.717) is 40.7 Å². The van der Waals surface area contributed by atoms with Crippen LogP contribution >= 0.6 is 23.4 Å². The van der Waals surface area contributed by atoms with Gasteiger partial charge in [-0.2, -0.15) is 8.78 Å². The molecule has 1 N–H and O–H groups in total. The molecule has 0 saturated carbocycles. The minimum absolute atomic E-state index is 0.157. The van der Waals surface area contributed by atoms with Gasteiger partial charge in [-0.15, -0.1) is 0 Å². The Morgan fingerprint density at radius 2 is 2.15 bits per heavy atom. The molecule has 0 bridgehead atoms. The Morgan fingerprint density at radius 3 is 2.90 bits per heavy atom. The number of pyridine rings is 1. The molecule has 2 rings (SSSR count). The Hall–Kier alpha value is -1.27. The van der Waals surface area contributed by atoms with Crippen molar-refractivity contribution in [2.45, 2.75) is 25.0 Å². The summed E-state index contributed by atoms with van der Waals surface area (Å²) in [6.45, 7) is 2.34. The summed E-state index contributed by atoms with van der Waals surface area (Å²) in [5.41, 5.74) is 1.71. The minimum Gasteiger partial charge on any atom is -0.463 e. The number of hydrogen-bond acceptors (Lipinski definition) is 4. The fraction of sp³-hybridized carbons (Fsp3) is 0.308. The van der Waals surface area contributed by atoms with Crippen LogP contribution in [-0.2, 0) is 12.3 Å². The Kier molecular flexibility index (Phi) is 5.25. The summed E-state index contributed by atoms with van der Waals surface area (Å²) in [6.07, 6.45) is 1.68. The van der Waals surface area contributed by atoms with E-state index in [2.05, 4.69) is 10.3 Å². The number of hydrogen-bond donors (Lipinski definition) is 1. The summed E-state index contributed by atoms with van der Waals surface area (Å²) in [5, 5.41) is 3.49. The lowest BCUT2D eigenvalue weighted by Crippen LogP contribution is -2.00. The van der Waals surface area contributed by atoms with Gasteiger partial charge in [-0.3, -0.25) is 0 Å². The number of nitrogens with one attached hydrogen (secondary N) is 1. The molecule has 0 aliphatic heterocycles. The van der Waals surface area contributed by atoms with Gasteiger partial charge in [-0.25, -0.2) is 4.98 Å². The molecule has 2 aromatic heterocycles. The molecule has 108 valence electrons. The van der Waals surface area contributed by atoms with Crippen molar-refractivity contribution in [1.29, 1.82) is 0 Å². The maximum absolute atomic E-state index is 12.1. The second kappa shape index (κ2) is 6.95. The number of nitrogens with zero attached hydrogens (tertiary/aromatic N) is 1. The second-order valence-electron chi connectivity index (χ2n) is 4.14. The zero-order valence-corrected chi connectivity index (χ0v) is 12.3. The number of rotatable bonds is 6. The molecule has 0 atom stereocenters. The van der Waals surface area contributed by atoms with E-state index in [4.69, 9.17) is 16.0 Å². The zero-order valence-electron chi connectivity index (χ0n) is 10.7. The third-order valence-electron chi connectivity index (χ3n) is 2.50. The van der Waals surface area contributed by atoms with Crippen molar-refractivity contribution >= 4 is 29.1 Å². The molecule has 0 radical (unpaired) electrons. The van der Waals surface area contributed by atoms with Crippen LogP contribution < -0.4 is 5.32 Å². The molecule has 0 fully saturated rings. The van der Waals surface area contributed by atoms with Gasteiger partial charge < -0.3 is 9.73 Å². The maximum Gasteiger partial charge on any atom is 0.284 e. The molecule has 0 aliphatic carbocycles. The molecular formula is C13H13ClF2N2OS. The maximum atomic E-state index is 12.1. The number of furan rings is 1. The van der Waals surface area contributed by atoms with Crippen LogP contribution in [0.5, 0.6) is 0 Å². The van der Waals surface area contributed by atoms with Crippen LogP contribution in [0.3, 0.4) is 0 Å². The van der Waals surface area contributed by atoms with Crippen molar-refractivity contribution in [3.8, 4) is 0 Å². The van der Waals surface area contributed by atoms with Gasteiger partial charge in [0.2, 0.25) is 0 Å². The van der Waals surface area contributed by atoms with Crippen LogP contribution in [0.4, 0.5) is 14.5 Å². The van der Waals surface area contributed by atoms with Crippen molar-refractivity contribution in [1.82, 2.24) is 4.98 Å². The second-order valence-corrected chi connectivity index (χ2v) is 5.48. The summed E-state index contributed by atoms with van der Waals surface area (Å²) in [5.74, 6) is -1.04. The molecule has 2 heterocycles. The van der Waals surface area contributed by atoms with Crippen LogP contribution in [-0.4, -0.2) is 10.7 Å². The van der Waals surface area contributed by atoms with Crippen molar-refractivity contribution < 1.29 is 13.2 Å². The Morgan fingerprint density at radius 1 is 1.40 bits per heavy atom. The van der Waals surface area contributed by atoms with E-state index in [1.54, 1.807) is 18.3 Å². The van der Waals surface area contributed by atoms with Gasteiger partial charge in [0.05, 0.1) is 18.0 Å².